The largest absolute Gasteiger partial charge is 0.270 e. The van der Waals surface area contributed by atoms with Crippen LogP contribution in [0.2, 0.25) is 0 Å². The number of aromatic nitrogens is 1. The number of hydrogen-bond acceptors (Lipinski definition) is 2. The van der Waals surface area contributed by atoms with Crippen molar-refractivity contribution in [3.05, 3.63) is 28.5 Å². The van der Waals surface area contributed by atoms with Crippen LogP contribution < -0.4 is 0 Å². The second-order valence-electron chi connectivity index (χ2n) is 2.63. The van der Waals surface area contributed by atoms with E-state index in [1.54, 1.807) is 6.92 Å². The molecule has 0 saturated heterocycles. The van der Waals surface area contributed by atoms with Gasteiger partial charge in [-0.3, -0.25) is 0 Å². The molecule has 0 spiro atoms. The number of rotatable bonds is 0. The number of benzene rings is 1. The number of halogens is 3. The molecule has 0 unspecified atom stereocenters. The second-order valence-corrected chi connectivity index (χ2v) is 3.58. The first-order chi connectivity index (χ1) is 6.09. The first-order valence-corrected chi connectivity index (χ1v) is 4.32. The van der Waals surface area contributed by atoms with Crippen LogP contribution in [0.4, 0.5) is 13.2 Å². The van der Waals surface area contributed by atoms with Gasteiger partial charge in [0.15, 0.2) is 11.6 Å². The lowest BCUT2D eigenvalue weighted by molar-refractivity contribution is 0.513. The van der Waals surface area contributed by atoms with E-state index < -0.39 is 16.9 Å². The molecule has 68 valence electrons. The fourth-order valence-corrected chi connectivity index (χ4v) is 1.90. The molecule has 1 nitrogen and oxygen atoms in total. The number of hydrogen-bond donors (Lipinski definition) is 0. The van der Waals surface area contributed by atoms with E-state index in [9.17, 15) is 13.2 Å². The molecule has 0 saturated carbocycles. The Morgan fingerprint density at radius 1 is 1.31 bits per heavy atom. The average Bonchev–Trinajstić information content (AvgIpc) is 2.44. The molecule has 1 heterocycles. The standard InChI is InChI=1S/C8H4F3NS/c1-3-2-4(9)5(10)6-7(3)13-8(11)12-6/h2H,1H3. The van der Waals surface area contributed by atoms with E-state index in [0.29, 0.717) is 10.3 Å². The van der Waals surface area contributed by atoms with E-state index in [4.69, 9.17) is 0 Å². The first kappa shape index (κ1) is 8.50. The average molecular weight is 203 g/mol. The Kier molecular flexibility index (Phi) is 1.76. The summed E-state index contributed by atoms with van der Waals surface area (Å²) in [4.78, 5) is 3.27. The molecule has 1 aromatic carbocycles. The summed E-state index contributed by atoms with van der Waals surface area (Å²) in [6.45, 7) is 1.59. The number of fused-ring (bicyclic) bond motifs is 1. The molecule has 0 fully saturated rings. The molecule has 0 atom stereocenters. The Hall–Kier alpha value is -1.10. The van der Waals surface area contributed by atoms with Crippen molar-refractivity contribution in [2.24, 2.45) is 0 Å². The maximum atomic E-state index is 13.0. The molecular formula is C8H4F3NS. The van der Waals surface area contributed by atoms with E-state index in [2.05, 4.69) is 4.98 Å². The third-order valence-electron chi connectivity index (χ3n) is 1.72. The van der Waals surface area contributed by atoms with E-state index in [1.807, 2.05) is 0 Å². The lowest BCUT2D eigenvalue weighted by atomic mass is 10.2. The molecule has 0 amide bonds. The van der Waals surface area contributed by atoms with Gasteiger partial charge >= 0.3 is 0 Å². The molecule has 0 bridgehead atoms. The van der Waals surface area contributed by atoms with Gasteiger partial charge in [-0.05, 0) is 18.6 Å². The Morgan fingerprint density at radius 3 is 2.69 bits per heavy atom. The quantitative estimate of drug-likeness (QED) is 0.641. The molecule has 2 aromatic rings. The molecule has 5 heteroatoms. The summed E-state index contributed by atoms with van der Waals surface area (Å²) < 4.78 is 38.8. The van der Waals surface area contributed by atoms with Crippen LogP contribution in [0, 0.1) is 23.8 Å². The highest BCUT2D eigenvalue weighted by molar-refractivity contribution is 7.17. The molecule has 0 N–H and O–H groups in total. The van der Waals surface area contributed by atoms with Crippen molar-refractivity contribution in [2.75, 3.05) is 0 Å². The van der Waals surface area contributed by atoms with Crippen molar-refractivity contribution in [1.82, 2.24) is 4.98 Å². The van der Waals surface area contributed by atoms with Crippen LogP contribution in [0.1, 0.15) is 5.56 Å². The molecule has 2 rings (SSSR count). The molecular weight excluding hydrogens is 199 g/mol. The van der Waals surface area contributed by atoms with Crippen molar-refractivity contribution >= 4 is 21.6 Å². The minimum absolute atomic E-state index is 0.222. The Bertz CT molecular complexity index is 478. The fraction of sp³-hybridized carbons (Fsp3) is 0.125. The van der Waals surface area contributed by atoms with Gasteiger partial charge in [0.05, 0.1) is 4.70 Å². The zero-order valence-electron chi connectivity index (χ0n) is 6.57. The third kappa shape index (κ3) is 1.19. The van der Waals surface area contributed by atoms with E-state index in [0.717, 1.165) is 17.4 Å². The highest BCUT2D eigenvalue weighted by atomic mass is 32.1. The lowest BCUT2D eigenvalue weighted by Crippen LogP contribution is -1.87. The zero-order valence-corrected chi connectivity index (χ0v) is 7.38. The minimum Gasteiger partial charge on any atom is -0.206 e. The monoisotopic (exact) mass is 203 g/mol. The summed E-state index contributed by atoms with van der Waals surface area (Å²) in [5.41, 5.74) is 0.273. The Morgan fingerprint density at radius 2 is 2.00 bits per heavy atom. The summed E-state index contributed by atoms with van der Waals surface area (Å²) in [6, 6.07) is 1.04. The van der Waals surface area contributed by atoms with Crippen LogP contribution in [0.25, 0.3) is 10.2 Å². The van der Waals surface area contributed by atoms with E-state index in [1.165, 1.54) is 0 Å². The van der Waals surface area contributed by atoms with Crippen LogP contribution in [-0.2, 0) is 0 Å². The van der Waals surface area contributed by atoms with Crippen molar-refractivity contribution in [1.29, 1.82) is 0 Å². The van der Waals surface area contributed by atoms with Crippen LogP contribution in [0.15, 0.2) is 6.07 Å². The van der Waals surface area contributed by atoms with Crippen molar-refractivity contribution in [2.45, 2.75) is 6.92 Å². The summed E-state index contributed by atoms with van der Waals surface area (Å²) >= 11 is 0.717. The first-order valence-electron chi connectivity index (χ1n) is 3.50. The molecule has 0 aliphatic carbocycles. The fourth-order valence-electron chi connectivity index (χ4n) is 1.14. The topological polar surface area (TPSA) is 12.9 Å². The maximum absolute atomic E-state index is 13.0. The van der Waals surface area contributed by atoms with E-state index in [-0.39, 0.29) is 5.52 Å². The van der Waals surface area contributed by atoms with E-state index >= 15 is 0 Å². The van der Waals surface area contributed by atoms with Gasteiger partial charge in [-0.1, -0.05) is 11.3 Å². The number of aryl methyl sites for hydroxylation is 1. The Balaban J connectivity index is 2.95. The third-order valence-corrected chi connectivity index (χ3v) is 2.70. The van der Waals surface area contributed by atoms with Crippen LogP contribution >= 0.6 is 11.3 Å². The van der Waals surface area contributed by atoms with Crippen molar-refractivity contribution < 1.29 is 13.2 Å². The molecule has 1 aromatic heterocycles. The molecule has 13 heavy (non-hydrogen) atoms. The predicted octanol–water partition coefficient (Wildman–Crippen LogP) is 3.02. The van der Waals surface area contributed by atoms with Gasteiger partial charge in [0.1, 0.15) is 5.52 Å². The number of nitrogens with zero attached hydrogens (tertiary/aromatic N) is 1. The molecule has 0 aliphatic heterocycles. The van der Waals surface area contributed by atoms with Crippen LogP contribution in [0.3, 0.4) is 0 Å². The zero-order chi connectivity index (χ0) is 9.59. The summed E-state index contributed by atoms with van der Waals surface area (Å²) in [5.74, 6) is -2.07. The van der Waals surface area contributed by atoms with Gasteiger partial charge in [-0.2, -0.15) is 4.39 Å². The van der Waals surface area contributed by atoms with Gasteiger partial charge < -0.3 is 0 Å². The predicted molar refractivity (Wildman–Crippen MR) is 44.2 cm³/mol. The smallest absolute Gasteiger partial charge is 0.206 e. The summed E-state index contributed by atoms with van der Waals surface area (Å²) in [6.07, 6.45) is 0. The van der Waals surface area contributed by atoms with Crippen molar-refractivity contribution in [3.63, 3.8) is 0 Å². The Labute approximate surface area is 75.8 Å². The maximum Gasteiger partial charge on any atom is 0.270 e. The highest BCUT2D eigenvalue weighted by Gasteiger charge is 2.14. The minimum atomic E-state index is -1.08. The second kappa shape index (κ2) is 2.70. The van der Waals surface area contributed by atoms with Gasteiger partial charge in [0.2, 0.25) is 0 Å². The lowest BCUT2D eigenvalue weighted by Gasteiger charge is -1.96. The highest BCUT2D eigenvalue weighted by Crippen LogP contribution is 2.28. The van der Waals surface area contributed by atoms with Crippen molar-refractivity contribution in [3.8, 4) is 0 Å². The van der Waals surface area contributed by atoms with Gasteiger partial charge in [0, 0.05) is 0 Å². The summed E-state index contributed by atoms with van der Waals surface area (Å²) in [5, 5.41) is -0.748. The summed E-state index contributed by atoms with van der Waals surface area (Å²) in [7, 11) is 0. The number of thiazole rings is 1. The SMILES string of the molecule is Cc1cc(F)c(F)c2nc(F)sc12. The van der Waals surface area contributed by atoms with Crippen LogP contribution in [-0.4, -0.2) is 4.98 Å². The normalized spacial score (nSPS) is 11.1. The molecule has 0 aliphatic rings. The van der Waals surface area contributed by atoms with Crippen LogP contribution in [0.5, 0.6) is 0 Å². The van der Waals surface area contributed by atoms with Gasteiger partial charge in [-0.25, -0.2) is 13.8 Å². The van der Waals surface area contributed by atoms with Gasteiger partial charge in [0.25, 0.3) is 5.26 Å². The molecule has 0 radical (unpaired) electrons. The van der Waals surface area contributed by atoms with Gasteiger partial charge in [-0.15, -0.1) is 0 Å².